The molecule has 0 fully saturated rings. The summed E-state index contributed by atoms with van der Waals surface area (Å²) in [6.07, 6.45) is -0.250. The fourth-order valence-corrected chi connectivity index (χ4v) is 2.94. The van der Waals surface area contributed by atoms with Crippen LogP contribution in [0, 0.1) is 13.8 Å². The van der Waals surface area contributed by atoms with Crippen molar-refractivity contribution >= 4 is 17.7 Å². The first-order valence-corrected chi connectivity index (χ1v) is 8.83. The Bertz CT molecular complexity index is 715. The van der Waals surface area contributed by atoms with Crippen molar-refractivity contribution in [3.8, 4) is 5.75 Å². The molecule has 1 heterocycles. The van der Waals surface area contributed by atoms with Crippen LogP contribution >= 0.6 is 11.8 Å². The highest BCUT2D eigenvalue weighted by atomic mass is 32.2. The molecule has 0 bridgehead atoms. The summed E-state index contributed by atoms with van der Waals surface area (Å²) in [6, 6.07) is 5.98. The highest BCUT2D eigenvalue weighted by molar-refractivity contribution is 7.99. The summed E-state index contributed by atoms with van der Waals surface area (Å²) in [6.45, 7) is 8.19. The van der Waals surface area contributed by atoms with Gasteiger partial charge in [0, 0.05) is 7.05 Å². The average molecular weight is 349 g/mol. The van der Waals surface area contributed by atoms with E-state index in [0.29, 0.717) is 17.6 Å². The first-order chi connectivity index (χ1) is 11.4. The van der Waals surface area contributed by atoms with E-state index in [2.05, 4.69) is 23.2 Å². The number of aryl methyl sites for hydroxylation is 1. The summed E-state index contributed by atoms with van der Waals surface area (Å²) in [4.78, 5) is 11.5. The van der Waals surface area contributed by atoms with Crippen molar-refractivity contribution in [3.63, 3.8) is 0 Å². The zero-order valence-electron chi connectivity index (χ0n) is 14.7. The van der Waals surface area contributed by atoms with Gasteiger partial charge < -0.3 is 14.0 Å². The van der Waals surface area contributed by atoms with Gasteiger partial charge in [0.15, 0.2) is 17.1 Å². The molecule has 1 unspecified atom stereocenters. The molecule has 1 aromatic heterocycles. The number of aromatic nitrogens is 3. The van der Waals surface area contributed by atoms with Crippen LogP contribution in [0.15, 0.2) is 23.4 Å². The molecule has 2 aromatic rings. The van der Waals surface area contributed by atoms with Crippen LogP contribution in [0.2, 0.25) is 0 Å². The van der Waals surface area contributed by atoms with Crippen LogP contribution in [-0.2, 0) is 16.6 Å². The molecular formula is C17H23N3O3S. The van der Waals surface area contributed by atoms with Gasteiger partial charge >= 0.3 is 5.97 Å². The number of carbonyl (C=O) groups excluding carboxylic acids is 1. The quantitative estimate of drug-likeness (QED) is 0.565. The van der Waals surface area contributed by atoms with Crippen molar-refractivity contribution in [2.75, 3.05) is 12.4 Å². The Morgan fingerprint density at radius 3 is 2.79 bits per heavy atom. The zero-order chi connectivity index (χ0) is 17.7. The maximum Gasteiger partial charge on any atom is 0.316 e. The maximum absolute atomic E-state index is 11.5. The second kappa shape index (κ2) is 8.19. The molecule has 0 aliphatic carbocycles. The normalized spacial score (nSPS) is 12.0. The molecule has 0 radical (unpaired) electrons. The average Bonchev–Trinajstić information content (AvgIpc) is 2.91. The number of hydrogen-bond acceptors (Lipinski definition) is 6. The molecular weight excluding hydrogens is 326 g/mol. The van der Waals surface area contributed by atoms with E-state index in [9.17, 15) is 4.79 Å². The third-order valence-corrected chi connectivity index (χ3v) is 4.71. The lowest BCUT2D eigenvalue weighted by Crippen LogP contribution is -2.11. The van der Waals surface area contributed by atoms with E-state index in [1.807, 2.05) is 37.6 Å². The summed E-state index contributed by atoms with van der Waals surface area (Å²) < 4.78 is 12.8. The van der Waals surface area contributed by atoms with Crippen molar-refractivity contribution < 1.29 is 14.3 Å². The van der Waals surface area contributed by atoms with E-state index < -0.39 is 0 Å². The van der Waals surface area contributed by atoms with Gasteiger partial charge in [-0.05, 0) is 44.9 Å². The fraction of sp³-hybridized carbons (Fsp3) is 0.471. The molecule has 0 aliphatic heterocycles. The predicted octanol–water partition coefficient (Wildman–Crippen LogP) is 3.23. The summed E-state index contributed by atoms with van der Waals surface area (Å²) in [5, 5.41) is 9.00. The van der Waals surface area contributed by atoms with Crippen LogP contribution in [-0.4, -0.2) is 33.1 Å². The van der Waals surface area contributed by atoms with Crippen LogP contribution in [0.3, 0.4) is 0 Å². The highest BCUT2D eigenvalue weighted by Crippen LogP contribution is 2.27. The molecule has 1 aromatic carbocycles. The molecule has 130 valence electrons. The van der Waals surface area contributed by atoms with E-state index in [0.717, 1.165) is 11.3 Å². The first kappa shape index (κ1) is 18.3. The van der Waals surface area contributed by atoms with E-state index in [-0.39, 0.29) is 17.8 Å². The number of rotatable bonds is 7. The Balaban J connectivity index is 2.06. The second-order valence-corrected chi connectivity index (χ2v) is 6.39. The van der Waals surface area contributed by atoms with Gasteiger partial charge in [0.05, 0.1) is 12.4 Å². The monoisotopic (exact) mass is 349 g/mol. The summed E-state index contributed by atoms with van der Waals surface area (Å²) >= 11 is 1.30. The highest BCUT2D eigenvalue weighted by Gasteiger charge is 2.19. The van der Waals surface area contributed by atoms with Crippen LogP contribution in [0.25, 0.3) is 0 Å². The Morgan fingerprint density at radius 2 is 2.08 bits per heavy atom. The molecule has 0 saturated carbocycles. The molecule has 1 atom stereocenters. The predicted molar refractivity (Wildman–Crippen MR) is 93.3 cm³/mol. The number of nitrogens with zero attached hydrogens (tertiary/aromatic N) is 3. The minimum absolute atomic E-state index is 0.214. The molecule has 0 saturated heterocycles. The lowest BCUT2D eigenvalue weighted by molar-refractivity contribution is -0.139. The Kier molecular flexibility index (Phi) is 6.25. The molecule has 0 aliphatic rings. The smallest absolute Gasteiger partial charge is 0.316 e. The maximum atomic E-state index is 11.5. The molecule has 0 amide bonds. The molecule has 2 rings (SSSR count). The number of carbonyl (C=O) groups is 1. The van der Waals surface area contributed by atoms with Crippen molar-refractivity contribution in [3.05, 3.63) is 35.2 Å². The van der Waals surface area contributed by atoms with Gasteiger partial charge in [-0.3, -0.25) is 4.79 Å². The van der Waals surface area contributed by atoms with Crippen molar-refractivity contribution in [2.45, 2.75) is 39.0 Å². The van der Waals surface area contributed by atoms with E-state index in [1.165, 1.54) is 17.3 Å². The van der Waals surface area contributed by atoms with Gasteiger partial charge in [-0.1, -0.05) is 23.9 Å². The number of benzene rings is 1. The number of hydrogen-bond donors (Lipinski definition) is 0. The van der Waals surface area contributed by atoms with Crippen molar-refractivity contribution in [2.24, 2.45) is 7.05 Å². The summed E-state index contributed by atoms with van der Waals surface area (Å²) in [7, 11) is 1.87. The van der Waals surface area contributed by atoms with Gasteiger partial charge in [0.25, 0.3) is 0 Å². The van der Waals surface area contributed by atoms with Gasteiger partial charge in [0.1, 0.15) is 5.75 Å². The topological polar surface area (TPSA) is 66.2 Å². The molecule has 24 heavy (non-hydrogen) atoms. The van der Waals surface area contributed by atoms with Crippen LogP contribution < -0.4 is 4.74 Å². The number of ether oxygens (including phenoxy) is 2. The molecule has 7 heteroatoms. The SMILES string of the molecule is CCOC(=O)CSc1nnc(C(C)Oc2cccc(C)c2C)n1C. The van der Waals surface area contributed by atoms with E-state index >= 15 is 0 Å². The van der Waals surface area contributed by atoms with Gasteiger partial charge in [-0.2, -0.15) is 0 Å². The third-order valence-electron chi connectivity index (χ3n) is 3.72. The minimum Gasteiger partial charge on any atom is -0.482 e. The lowest BCUT2D eigenvalue weighted by Gasteiger charge is -2.16. The van der Waals surface area contributed by atoms with Crippen LogP contribution in [0.4, 0.5) is 0 Å². The molecule has 6 nitrogen and oxygen atoms in total. The van der Waals surface area contributed by atoms with Crippen molar-refractivity contribution in [1.29, 1.82) is 0 Å². The zero-order valence-corrected chi connectivity index (χ0v) is 15.5. The fourth-order valence-electron chi connectivity index (χ4n) is 2.23. The molecule has 0 spiro atoms. The van der Waals surface area contributed by atoms with E-state index in [1.54, 1.807) is 6.92 Å². The lowest BCUT2D eigenvalue weighted by atomic mass is 10.1. The Morgan fingerprint density at radius 1 is 1.33 bits per heavy atom. The van der Waals surface area contributed by atoms with Gasteiger partial charge in [0.2, 0.25) is 0 Å². The number of thioether (sulfide) groups is 1. The second-order valence-electron chi connectivity index (χ2n) is 5.45. The van der Waals surface area contributed by atoms with E-state index in [4.69, 9.17) is 9.47 Å². The van der Waals surface area contributed by atoms with Gasteiger partial charge in [-0.15, -0.1) is 10.2 Å². The Labute approximate surface area is 146 Å². The number of esters is 1. The van der Waals surface area contributed by atoms with Gasteiger partial charge in [-0.25, -0.2) is 0 Å². The van der Waals surface area contributed by atoms with Crippen LogP contribution in [0.1, 0.15) is 36.9 Å². The minimum atomic E-state index is -0.258. The standard InChI is InChI=1S/C17H23N3O3S/c1-6-22-15(21)10-24-17-19-18-16(20(17)5)13(4)23-14-9-7-8-11(2)12(14)3/h7-9,13H,6,10H2,1-5H3. The largest absolute Gasteiger partial charge is 0.482 e. The third kappa shape index (κ3) is 4.29. The summed E-state index contributed by atoms with van der Waals surface area (Å²) in [5.41, 5.74) is 2.30. The Hall–Kier alpha value is -2.02. The first-order valence-electron chi connectivity index (χ1n) is 7.84. The van der Waals surface area contributed by atoms with Crippen LogP contribution in [0.5, 0.6) is 5.75 Å². The molecule has 0 N–H and O–H groups in total. The summed E-state index contributed by atoms with van der Waals surface area (Å²) in [5.74, 6) is 1.51. The van der Waals surface area contributed by atoms with Crippen molar-refractivity contribution in [1.82, 2.24) is 14.8 Å².